The minimum atomic E-state index is 0.0280. The van der Waals surface area contributed by atoms with Crippen LogP contribution in [0.1, 0.15) is 39.7 Å². The van der Waals surface area contributed by atoms with Crippen LogP contribution < -0.4 is 10.1 Å². The molecule has 0 aliphatic carbocycles. The summed E-state index contributed by atoms with van der Waals surface area (Å²) in [6.07, 6.45) is 2.45. The number of benzene rings is 1. The van der Waals surface area contributed by atoms with Gasteiger partial charge in [-0.05, 0) is 67.6 Å². The maximum absolute atomic E-state index is 12.4. The Hall–Kier alpha value is -1.85. The van der Waals surface area contributed by atoms with E-state index in [1.54, 1.807) is 7.11 Å². The number of methoxy groups -OCH3 is 1. The molecule has 0 saturated carbocycles. The van der Waals surface area contributed by atoms with Crippen LogP contribution in [0.3, 0.4) is 0 Å². The Morgan fingerprint density at radius 3 is 2.54 bits per heavy atom. The second kappa shape index (κ2) is 7.81. The molecular formula is C19H24N2O2S. The molecule has 1 fully saturated rings. The molecule has 0 bridgehead atoms. The van der Waals surface area contributed by atoms with Crippen LogP contribution in [-0.2, 0) is 0 Å². The van der Waals surface area contributed by atoms with E-state index in [1.807, 2.05) is 30.5 Å². The number of ether oxygens (including phenoxy) is 1. The van der Waals surface area contributed by atoms with Gasteiger partial charge in [-0.2, -0.15) is 0 Å². The van der Waals surface area contributed by atoms with Crippen LogP contribution in [0.5, 0.6) is 5.75 Å². The highest BCUT2D eigenvalue weighted by Crippen LogP contribution is 2.26. The molecule has 1 aliphatic heterocycles. The van der Waals surface area contributed by atoms with Gasteiger partial charge < -0.3 is 10.1 Å². The average molecular weight is 344 g/mol. The summed E-state index contributed by atoms with van der Waals surface area (Å²) >= 11 is 1.50. The molecule has 3 rings (SSSR count). The standard InChI is InChI=1S/C19H24N2O2S/c1-14-9-12-24-18(14)19(22)20-13-17(21-10-3-4-11-21)15-5-7-16(23-2)8-6-15/h5-9,12,17H,3-4,10-11,13H2,1-2H3,(H,20,22). The fraction of sp³-hybridized carbons (Fsp3) is 0.421. The van der Waals surface area contributed by atoms with E-state index in [9.17, 15) is 4.79 Å². The first-order valence-corrected chi connectivity index (χ1v) is 9.27. The maximum Gasteiger partial charge on any atom is 0.261 e. The van der Waals surface area contributed by atoms with E-state index in [-0.39, 0.29) is 11.9 Å². The van der Waals surface area contributed by atoms with Gasteiger partial charge >= 0.3 is 0 Å². The zero-order chi connectivity index (χ0) is 16.9. The van der Waals surface area contributed by atoms with E-state index in [0.717, 1.165) is 29.3 Å². The highest BCUT2D eigenvalue weighted by atomic mass is 32.1. The van der Waals surface area contributed by atoms with Crippen molar-refractivity contribution in [3.05, 3.63) is 51.7 Å². The highest BCUT2D eigenvalue weighted by molar-refractivity contribution is 7.12. The summed E-state index contributed by atoms with van der Waals surface area (Å²) in [6, 6.07) is 10.4. The molecule has 128 valence electrons. The number of hydrogen-bond donors (Lipinski definition) is 1. The SMILES string of the molecule is COc1ccc(C(CNC(=O)c2sccc2C)N2CCCC2)cc1. The molecule has 1 N–H and O–H groups in total. The molecule has 0 spiro atoms. The second-order valence-electron chi connectivity index (χ2n) is 6.17. The number of rotatable bonds is 6. The number of nitrogens with zero attached hydrogens (tertiary/aromatic N) is 1. The predicted molar refractivity (Wildman–Crippen MR) is 97.9 cm³/mol. The Kier molecular flexibility index (Phi) is 5.53. The van der Waals surface area contributed by atoms with E-state index in [0.29, 0.717) is 6.54 Å². The van der Waals surface area contributed by atoms with Gasteiger partial charge in [-0.3, -0.25) is 9.69 Å². The zero-order valence-corrected chi connectivity index (χ0v) is 15.1. The first-order valence-electron chi connectivity index (χ1n) is 8.39. The van der Waals surface area contributed by atoms with Crippen LogP contribution in [0.4, 0.5) is 0 Å². The molecule has 2 aromatic rings. The minimum Gasteiger partial charge on any atom is -0.497 e. The summed E-state index contributed by atoms with van der Waals surface area (Å²) in [4.78, 5) is 15.7. The van der Waals surface area contributed by atoms with Gasteiger partial charge in [0.15, 0.2) is 0 Å². The molecule has 2 heterocycles. The number of aryl methyl sites for hydroxylation is 1. The lowest BCUT2D eigenvalue weighted by Gasteiger charge is -2.28. The summed E-state index contributed by atoms with van der Waals surface area (Å²) in [5.74, 6) is 0.886. The van der Waals surface area contributed by atoms with Gasteiger partial charge in [0.2, 0.25) is 0 Å². The van der Waals surface area contributed by atoms with E-state index >= 15 is 0 Å². The number of hydrogen-bond acceptors (Lipinski definition) is 4. The van der Waals surface area contributed by atoms with Crippen molar-refractivity contribution in [1.29, 1.82) is 0 Å². The number of likely N-dealkylation sites (tertiary alicyclic amines) is 1. The van der Waals surface area contributed by atoms with Gasteiger partial charge in [-0.25, -0.2) is 0 Å². The first kappa shape index (κ1) is 17.0. The molecule has 0 radical (unpaired) electrons. The molecule has 4 nitrogen and oxygen atoms in total. The normalized spacial score (nSPS) is 16.1. The Labute approximate surface area is 147 Å². The van der Waals surface area contributed by atoms with Crippen molar-refractivity contribution in [1.82, 2.24) is 10.2 Å². The molecule has 24 heavy (non-hydrogen) atoms. The smallest absolute Gasteiger partial charge is 0.261 e. The van der Waals surface area contributed by atoms with Gasteiger partial charge in [-0.15, -0.1) is 11.3 Å². The fourth-order valence-corrected chi connectivity index (χ4v) is 4.05. The van der Waals surface area contributed by atoms with Gasteiger partial charge in [-0.1, -0.05) is 12.1 Å². The number of nitrogens with one attached hydrogen (secondary N) is 1. The topological polar surface area (TPSA) is 41.6 Å². The summed E-state index contributed by atoms with van der Waals surface area (Å²) in [6.45, 7) is 4.78. The van der Waals surface area contributed by atoms with Crippen molar-refractivity contribution in [2.24, 2.45) is 0 Å². The van der Waals surface area contributed by atoms with Crippen LogP contribution in [0.2, 0.25) is 0 Å². The average Bonchev–Trinajstić information content (AvgIpc) is 3.27. The second-order valence-corrected chi connectivity index (χ2v) is 7.09. The number of carbonyl (C=O) groups excluding carboxylic acids is 1. The third-order valence-electron chi connectivity index (χ3n) is 4.61. The summed E-state index contributed by atoms with van der Waals surface area (Å²) in [5.41, 5.74) is 2.26. The zero-order valence-electron chi connectivity index (χ0n) is 14.2. The van der Waals surface area contributed by atoms with Crippen LogP contribution in [-0.4, -0.2) is 37.6 Å². The van der Waals surface area contributed by atoms with E-state index in [4.69, 9.17) is 4.74 Å². The summed E-state index contributed by atoms with van der Waals surface area (Å²) < 4.78 is 5.25. The Bertz CT molecular complexity index is 675. The molecule has 1 aromatic heterocycles. The molecule has 1 aliphatic rings. The molecule has 1 saturated heterocycles. The van der Waals surface area contributed by atoms with E-state index in [1.165, 1.54) is 29.7 Å². The maximum atomic E-state index is 12.4. The van der Waals surface area contributed by atoms with Crippen LogP contribution >= 0.6 is 11.3 Å². The van der Waals surface area contributed by atoms with Crippen LogP contribution in [0, 0.1) is 6.92 Å². The molecule has 1 unspecified atom stereocenters. The number of carbonyl (C=O) groups is 1. The molecular weight excluding hydrogens is 320 g/mol. The van der Waals surface area contributed by atoms with Crippen molar-refractivity contribution < 1.29 is 9.53 Å². The van der Waals surface area contributed by atoms with Gasteiger partial charge in [0.05, 0.1) is 18.0 Å². The molecule has 5 heteroatoms. The lowest BCUT2D eigenvalue weighted by atomic mass is 10.1. The van der Waals surface area contributed by atoms with Crippen molar-refractivity contribution >= 4 is 17.2 Å². The van der Waals surface area contributed by atoms with Crippen molar-refractivity contribution in [2.75, 3.05) is 26.7 Å². The number of thiophene rings is 1. The van der Waals surface area contributed by atoms with E-state index < -0.39 is 0 Å². The van der Waals surface area contributed by atoms with Crippen LogP contribution in [0.25, 0.3) is 0 Å². The Morgan fingerprint density at radius 2 is 1.96 bits per heavy atom. The highest BCUT2D eigenvalue weighted by Gasteiger charge is 2.24. The Morgan fingerprint density at radius 1 is 1.25 bits per heavy atom. The van der Waals surface area contributed by atoms with Gasteiger partial charge in [0, 0.05) is 6.54 Å². The molecule has 1 aromatic carbocycles. The van der Waals surface area contributed by atoms with Gasteiger partial charge in [0.25, 0.3) is 5.91 Å². The van der Waals surface area contributed by atoms with Crippen molar-refractivity contribution in [3.8, 4) is 5.75 Å². The largest absolute Gasteiger partial charge is 0.497 e. The monoisotopic (exact) mass is 344 g/mol. The summed E-state index contributed by atoms with van der Waals surface area (Å²) in [7, 11) is 1.68. The predicted octanol–water partition coefficient (Wildman–Crippen LogP) is 3.63. The van der Waals surface area contributed by atoms with Crippen LogP contribution in [0.15, 0.2) is 35.7 Å². The van der Waals surface area contributed by atoms with Crippen molar-refractivity contribution in [2.45, 2.75) is 25.8 Å². The lowest BCUT2D eigenvalue weighted by molar-refractivity contribution is 0.0941. The minimum absolute atomic E-state index is 0.0280. The molecule has 1 atom stereocenters. The fourth-order valence-electron chi connectivity index (χ4n) is 3.21. The first-order chi connectivity index (χ1) is 11.7. The molecule has 1 amide bonds. The van der Waals surface area contributed by atoms with Gasteiger partial charge in [0.1, 0.15) is 5.75 Å². The van der Waals surface area contributed by atoms with Crippen molar-refractivity contribution in [3.63, 3.8) is 0 Å². The number of amides is 1. The third-order valence-corrected chi connectivity index (χ3v) is 5.62. The quantitative estimate of drug-likeness (QED) is 0.870. The lowest BCUT2D eigenvalue weighted by Crippen LogP contribution is -2.36. The summed E-state index contributed by atoms with van der Waals surface area (Å²) in [5, 5.41) is 5.09. The third kappa shape index (κ3) is 3.79. The Balaban J connectivity index is 1.72. The van der Waals surface area contributed by atoms with E-state index in [2.05, 4.69) is 22.3 Å².